The second-order valence-electron chi connectivity index (χ2n) is 8.02. The summed E-state index contributed by atoms with van der Waals surface area (Å²) in [5, 5.41) is 12.3. The largest absolute Gasteiger partial charge is 0.416 e. The fourth-order valence-electron chi connectivity index (χ4n) is 4.60. The van der Waals surface area contributed by atoms with Crippen molar-refractivity contribution in [3.8, 4) is 0 Å². The number of carbonyl (C=O) groups is 1. The van der Waals surface area contributed by atoms with Crippen LogP contribution in [0, 0.1) is 0 Å². The van der Waals surface area contributed by atoms with E-state index in [9.17, 15) is 23.1 Å². The lowest BCUT2D eigenvalue weighted by molar-refractivity contribution is -0.137. The number of rotatable bonds is 5. The zero-order valence-electron chi connectivity index (χ0n) is 17.2. The van der Waals surface area contributed by atoms with E-state index in [1.807, 2.05) is 29.2 Å². The minimum absolute atomic E-state index is 0.100. The van der Waals surface area contributed by atoms with Crippen LogP contribution in [0.25, 0.3) is 0 Å². The van der Waals surface area contributed by atoms with Gasteiger partial charge in [0.2, 0.25) is 0 Å². The summed E-state index contributed by atoms with van der Waals surface area (Å²) in [6, 6.07) is 10.6. The van der Waals surface area contributed by atoms with Crippen LogP contribution in [0.2, 0.25) is 0 Å². The van der Waals surface area contributed by atoms with Crippen LogP contribution in [0.4, 0.5) is 29.3 Å². The van der Waals surface area contributed by atoms with Gasteiger partial charge in [-0.2, -0.15) is 13.2 Å². The van der Waals surface area contributed by atoms with Crippen LogP contribution in [-0.4, -0.2) is 42.3 Å². The highest BCUT2D eigenvalue weighted by Gasteiger charge is 2.34. The number of fused-ring (bicyclic) bond motifs is 1. The van der Waals surface area contributed by atoms with E-state index in [1.165, 1.54) is 11.0 Å². The second kappa shape index (κ2) is 8.78. The summed E-state index contributed by atoms with van der Waals surface area (Å²) in [5.74, 6) is 0. The van der Waals surface area contributed by atoms with Crippen LogP contribution < -0.4 is 10.2 Å². The number of halogens is 3. The number of aliphatic hydroxyl groups is 1. The van der Waals surface area contributed by atoms with E-state index in [4.69, 9.17) is 0 Å². The maximum absolute atomic E-state index is 13.3. The van der Waals surface area contributed by atoms with Crippen molar-refractivity contribution in [1.82, 2.24) is 4.90 Å². The number of urea groups is 1. The summed E-state index contributed by atoms with van der Waals surface area (Å²) in [6.45, 7) is 1.35. The second-order valence-corrected chi connectivity index (χ2v) is 8.02. The Bertz CT molecular complexity index is 942. The van der Waals surface area contributed by atoms with Crippen LogP contribution in [-0.2, 0) is 12.6 Å². The predicted octanol–water partition coefficient (Wildman–Crippen LogP) is 4.82. The molecule has 166 valence electrons. The monoisotopic (exact) mass is 433 g/mol. The van der Waals surface area contributed by atoms with Crippen LogP contribution in [0.15, 0.2) is 42.5 Å². The van der Waals surface area contributed by atoms with E-state index in [0.717, 1.165) is 55.6 Å². The van der Waals surface area contributed by atoms with Gasteiger partial charge in [0.15, 0.2) is 0 Å². The van der Waals surface area contributed by atoms with Crippen molar-refractivity contribution in [3.63, 3.8) is 0 Å². The van der Waals surface area contributed by atoms with Crippen LogP contribution in [0.3, 0.4) is 0 Å². The van der Waals surface area contributed by atoms with E-state index < -0.39 is 17.8 Å². The summed E-state index contributed by atoms with van der Waals surface area (Å²) in [4.78, 5) is 16.8. The number of aliphatic hydroxyl groups excluding tert-OH is 1. The van der Waals surface area contributed by atoms with Crippen molar-refractivity contribution in [2.45, 2.75) is 37.9 Å². The van der Waals surface area contributed by atoms with Gasteiger partial charge < -0.3 is 20.2 Å². The average Bonchev–Trinajstić information content (AvgIpc) is 3.41. The molecule has 0 radical (unpaired) electrons. The standard InChI is InChI=1S/C23H26F3N3O2/c24-23(25,26)17-8-10-21(28-11-3-4-12-28)19(15-17)27-22(31)29(13-14-30)20-9-7-16-5-1-2-6-18(16)20/h1-2,5-6,8,10,15,20,30H,3-4,7,9,11-14H2,(H,27,31). The minimum Gasteiger partial charge on any atom is -0.395 e. The molecule has 0 saturated carbocycles. The minimum atomic E-state index is -4.50. The number of hydrogen-bond acceptors (Lipinski definition) is 3. The lowest BCUT2D eigenvalue weighted by atomic mass is 10.1. The molecule has 1 saturated heterocycles. The Morgan fingerprint density at radius 1 is 1.16 bits per heavy atom. The highest BCUT2D eigenvalue weighted by Crippen LogP contribution is 2.38. The number of anilines is 2. The SMILES string of the molecule is O=C(Nc1cc(C(F)(F)F)ccc1N1CCCC1)N(CCO)C1CCc2ccccc21. The van der Waals surface area contributed by atoms with Crippen molar-refractivity contribution in [1.29, 1.82) is 0 Å². The Morgan fingerprint density at radius 2 is 1.90 bits per heavy atom. The number of carbonyl (C=O) groups excluding carboxylic acids is 1. The lowest BCUT2D eigenvalue weighted by Crippen LogP contribution is -2.39. The van der Waals surface area contributed by atoms with Crippen molar-refractivity contribution < 1.29 is 23.1 Å². The highest BCUT2D eigenvalue weighted by molar-refractivity contribution is 5.94. The quantitative estimate of drug-likeness (QED) is 0.711. The Kier molecular flexibility index (Phi) is 6.09. The van der Waals surface area contributed by atoms with Crippen molar-refractivity contribution in [2.24, 2.45) is 0 Å². The van der Waals surface area contributed by atoms with Gasteiger partial charge in [0, 0.05) is 19.6 Å². The third kappa shape index (κ3) is 4.49. The van der Waals surface area contributed by atoms with Crippen LogP contribution in [0.5, 0.6) is 0 Å². The van der Waals surface area contributed by atoms with Gasteiger partial charge in [-0.1, -0.05) is 24.3 Å². The molecule has 1 fully saturated rings. The first kappa shape index (κ1) is 21.5. The number of aryl methyl sites for hydroxylation is 1. The first-order chi connectivity index (χ1) is 14.9. The smallest absolute Gasteiger partial charge is 0.395 e. The van der Waals surface area contributed by atoms with E-state index in [2.05, 4.69) is 5.32 Å². The molecular weight excluding hydrogens is 407 g/mol. The molecule has 2 aromatic rings. The van der Waals surface area contributed by atoms with Gasteiger partial charge in [-0.05, 0) is 55.0 Å². The molecule has 1 heterocycles. The maximum atomic E-state index is 13.3. The molecule has 1 unspecified atom stereocenters. The van der Waals surface area contributed by atoms with Crippen molar-refractivity contribution in [3.05, 3.63) is 59.2 Å². The number of hydrogen-bond donors (Lipinski definition) is 2. The first-order valence-electron chi connectivity index (χ1n) is 10.6. The zero-order chi connectivity index (χ0) is 22.0. The highest BCUT2D eigenvalue weighted by atomic mass is 19.4. The Labute approximate surface area is 179 Å². The summed E-state index contributed by atoms with van der Waals surface area (Å²) in [7, 11) is 0. The number of nitrogens with one attached hydrogen (secondary N) is 1. The molecule has 8 heteroatoms. The van der Waals surface area contributed by atoms with Gasteiger partial charge in [0.05, 0.1) is 29.6 Å². The molecule has 1 aliphatic heterocycles. The van der Waals surface area contributed by atoms with E-state index in [0.29, 0.717) is 12.1 Å². The van der Waals surface area contributed by atoms with E-state index in [-0.39, 0.29) is 24.9 Å². The van der Waals surface area contributed by atoms with E-state index >= 15 is 0 Å². The molecule has 4 rings (SSSR count). The number of nitrogens with zero attached hydrogens (tertiary/aromatic N) is 2. The van der Waals surface area contributed by atoms with Gasteiger partial charge in [-0.25, -0.2) is 4.79 Å². The van der Waals surface area contributed by atoms with Gasteiger partial charge in [-0.3, -0.25) is 0 Å². The summed E-state index contributed by atoms with van der Waals surface area (Å²) in [6.07, 6.45) is -1.04. The number of alkyl halides is 3. The van der Waals surface area contributed by atoms with Gasteiger partial charge in [0.1, 0.15) is 0 Å². The van der Waals surface area contributed by atoms with Crippen molar-refractivity contribution >= 4 is 17.4 Å². The maximum Gasteiger partial charge on any atom is 0.416 e. The topological polar surface area (TPSA) is 55.8 Å². The van der Waals surface area contributed by atoms with Gasteiger partial charge in [0.25, 0.3) is 0 Å². The summed E-state index contributed by atoms with van der Waals surface area (Å²) >= 11 is 0. The summed E-state index contributed by atoms with van der Waals surface area (Å²) < 4.78 is 40.0. The molecule has 1 atom stereocenters. The molecule has 0 aromatic heterocycles. The molecule has 5 nitrogen and oxygen atoms in total. The Hall–Kier alpha value is -2.74. The molecule has 2 amide bonds. The third-order valence-electron chi connectivity index (χ3n) is 6.09. The van der Waals surface area contributed by atoms with E-state index in [1.54, 1.807) is 0 Å². The zero-order valence-corrected chi connectivity index (χ0v) is 17.2. The molecule has 2 aromatic carbocycles. The lowest BCUT2D eigenvalue weighted by Gasteiger charge is -2.30. The summed E-state index contributed by atoms with van der Waals surface area (Å²) in [5.41, 5.74) is 2.12. The fraction of sp³-hybridized carbons (Fsp3) is 0.435. The van der Waals surface area contributed by atoms with Crippen LogP contribution >= 0.6 is 0 Å². The fourth-order valence-corrected chi connectivity index (χ4v) is 4.60. The molecule has 2 N–H and O–H groups in total. The third-order valence-corrected chi connectivity index (χ3v) is 6.09. The van der Waals surface area contributed by atoms with Gasteiger partial charge >= 0.3 is 12.2 Å². The normalized spacial score (nSPS) is 18.2. The molecule has 2 aliphatic rings. The first-order valence-corrected chi connectivity index (χ1v) is 10.6. The number of amides is 2. The molecule has 0 spiro atoms. The Balaban J connectivity index is 1.64. The molecular formula is C23H26F3N3O2. The van der Waals surface area contributed by atoms with Gasteiger partial charge in [-0.15, -0.1) is 0 Å². The predicted molar refractivity (Wildman–Crippen MR) is 113 cm³/mol. The molecule has 0 bridgehead atoms. The number of benzene rings is 2. The molecule has 31 heavy (non-hydrogen) atoms. The van der Waals surface area contributed by atoms with Crippen LogP contribution in [0.1, 0.15) is 42.0 Å². The average molecular weight is 433 g/mol. The van der Waals surface area contributed by atoms with Crippen molar-refractivity contribution in [2.75, 3.05) is 36.5 Å². The molecule has 1 aliphatic carbocycles. The Morgan fingerprint density at radius 3 is 2.61 bits per heavy atom.